The van der Waals surface area contributed by atoms with Gasteiger partial charge in [-0.15, -0.1) is 0 Å². The average molecular weight is 271 g/mol. The van der Waals surface area contributed by atoms with Gasteiger partial charge in [-0.25, -0.2) is 0 Å². The molecule has 20 heavy (non-hydrogen) atoms. The Hall–Kier alpha value is -2.48. The van der Waals surface area contributed by atoms with Crippen LogP contribution in [-0.2, 0) is 0 Å². The SMILES string of the molecule is Cc1oc(-n2cccc2)c(C#N)c1C(=O)NCC(C)C. The first-order chi connectivity index (χ1) is 9.54. The van der Waals surface area contributed by atoms with Crippen LogP contribution in [0.1, 0.15) is 35.5 Å². The number of hydrogen-bond acceptors (Lipinski definition) is 3. The maximum Gasteiger partial charge on any atom is 0.256 e. The molecule has 0 aliphatic heterocycles. The fourth-order valence-corrected chi connectivity index (χ4v) is 1.94. The number of hydrogen-bond donors (Lipinski definition) is 1. The molecule has 0 aliphatic rings. The third-order valence-corrected chi connectivity index (χ3v) is 2.91. The smallest absolute Gasteiger partial charge is 0.256 e. The van der Waals surface area contributed by atoms with Crippen LogP contribution in [0, 0.1) is 24.2 Å². The predicted octanol–water partition coefficient (Wildman–Crippen LogP) is 2.64. The molecule has 0 saturated heterocycles. The van der Waals surface area contributed by atoms with Gasteiger partial charge in [0.1, 0.15) is 23.0 Å². The molecule has 0 aliphatic carbocycles. The molecule has 0 unspecified atom stereocenters. The van der Waals surface area contributed by atoms with Crippen LogP contribution in [0.5, 0.6) is 0 Å². The number of nitriles is 1. The van der Waals surface area contributed by atoms with Crippen LogP contribution in [0.15, 0.2) is 28.9 Å². The standard InChI is InChI=1S/C15H17N3O2/c1-10(2)9-17-14(19)13-11(3)20-15(12(13)8-16)18-6-4-5-7-18/h4-7,10H,9H2,1-3H3,(H,17,19). The van der Waals surface area contributed by atoms with E-state index in [-0.39, 0.29) is 11.5 Å². The summed E-state index contributed by atoms with van der Waals surface area (Å²) >= 11 is 0. The molecular weight excluding hydrogens is 254 g/mol. The van der Waals surface area contributed by atoms with E-state index in [0.717, 1.165) is 0 Å². The normalized spacial score (nSPS) is 10.6. The van der Waals surface area contributed by atoms with E-state index in [1.807, 2.05) is 26.0 Å². The van der Waals surface area contributed by atoms with Crippen molar-refractivity contribution in [1.82, 2.24) is 9.88 Å². The molecule has 1 N–H and O–H groups in total. The Morgan fingerprint density at radius 2 is 2.10 bits per heavy atom. The Bertz CT molecular complexity index is 645. The summed E-state index contributed by atoms with van der Waals surface area (Å²) in [6.07, 6.45) is 3.55. The van der Waals surface area contributed by atoms with E-state index in [1.54, 1.807) is 23.9 Å². The van der Waals surface area contributed by atoms with Crippen molar-refractivity contribution in [3.05, 3.63) is 41.4 Å². The monoisotopic (exact) mass is 271 g/mol. The first kappa shape index (κ1) is 13.9. The lowest BCUT2D eigenvalue weighted by Gasteiger charge is -2.06. The number of rotatable bonds is 4. The molecule has 104 valence electrons. The highest BCUT2D eigenvalue weighted by Gasteiger charge is 2.24. The summed E-state index contributed by atoms with van der Waals surface area (Å²) < 4.78 is 7.27. The zero-order chi connectivity index (χ0) is 14.7. The second-order valence-corrected chi connectivity index (χ2v) is 5.02. The van der Waals surface area contributed by atoms with Crippen molar-refractivity contribution in [2.45, 2.75) is 20.8 Å². The highest BCUT2D eigenvalue weighted by molar-refractivity contribution is 5.98. The number of carbonyl (C=O) groups is 1. The highest BCUT2D eigenvalue weighted by atomic mass is 16.4. The average Bonchev–Trinajstić information content (AvgIpc) is 3.02. The van der Waals surface area contributed by atoms with Crippen molar-refractivity contribution in [3.63, 3.8) is 0 Å². The van der Waals surface area contributed by atoms with Gasteiger partial charge in [-0.1, -0.05) is 13.8 Å². The van der Waals surface area contributed by atoms with Crippen LogP contribution in [0.25, 0.3) is 5.88 Å². The molecule has 0 atom stereocenters. The summed E-state index contributed by atoms with van der Waals surface area (Å²) in [4.78, 5) is 12.2. The number of nitrogens with one attached hydrogen (secondary N) is 1. The van der Waals surface area contributed by atoms with Crippen molar-refractivity contribution in [1.29, 1.82) is 5.26 Å². The minimum Gasteiger partial charge on any atom is -0.443 e. The lowest BCUT2D eigenvalue weighted by Crippen LogP contribution is -2.28. The van der Waals surface area contributed by atoms with E-state index in [2.05, 4.69) is 11.4 Å². The van der Waals surface area contributed by atoms with E-state index in [0.29, 0.717) is 29.7 Å². The van der Waals surface area contributed by atoms with Gasteiger partial charge in [-0.05, 0) is 25.0 Å². The molecule has 0 fully saturated rings. The van der Waals surface area contributed by atoms with E-state index in [1.165, 1.54) is 0 Å². The van der Waals surface area contributed by atoms with E-state index in [9.17, 15) is 10.1 Å². The van der Waals surface area contributed by atoms with Crippen LogP contribution < -0.4 is 5.32 Å². The van der Waals surface area contributed by atoms with E-state index in [4.69, 9.17) is 4.42 Å². The molecule has 2 heterocycles. The minimum absolute atomic E-state index is 0.264. The minimum atomic E-state index is -0.269. The quantitative estimate of drug-likeness (QED) is 0.929. The number of carbonyl (C=O) groups excluding carboxylic acids is 1. The Morgan fingerprint density at radius 1 is 1.45 bits per heavy atom. The molecule has 1 amide bonds. The van der Waals surface area contributed by atoms with Gasteiger partial charge in [0, 0.05) is 18.9 Å². The number of nitrogens with zero attached hydrogens (tertiary/aromatic N) is 2. The fourth-order valence-electron chi connectivity index (χ4n) is 1.94. The van der Waals surface area contributed by atoms with Crippen molar-refractivity contribution in [2.75, 3.05) is 6.54 Å². The Labute approximate surface area is 117 Å². The second kappa shape index (κ2) is 5.66. The maximum absolute atomic E-state index is 12.2. The van der Waals surface area contributed by atoms with Crippen LogP contribution in [0.3, 0.4) is 0 Å². The number of furan rings is 1. The number of amides is 1. The molecule has 2 aromatic rings. The zero-order valence-corrected chi connectivity index (χ0v) is 11.8. The third kappa shape index (κ3) is 2.59. The van der Waals surface area contributed by atoms with Gasteiger partial charge in [0.25, 0.3) is 5.91 Å². The van der Waals surface area contributed by atoms with Gasteiger partial charge in [0.2, 0.25) is 5.88 Å². The Kier molecular flexibility index (Phi) is 3.94. The maximum atomic E-state index is 12.2. The molecular formula is C15H17N3O2. The summed E-state index contributed by atoms with van der Waals surface area (Å²) in [6, 6.07) is 5.73. The summed E-state index contributed by atoms with van der Waals surface area (Å²) in [7, 11) is 0. The van der Waals surface area contributed by atoms with Gasteiger partial charge in [-0.3, -0.25) is 9.36 Å². The van der Waals surface area contributed by atoms with Crippen molar-refractivity contribution < 1.29 is 9.21 Å². The van der Waals surface area contributed by atoms with Crippen LogP contribution in [0.4, 0.5) is 0 Å². The predicted molar refractivity (Wildman–Crippen MR) is 74.7 cm³/mol. The second-order valence-electron chi connectivity index (χ2n) is 5.02. The molecule has 0 aromatic carbocycles. The van der Waals surface area contributed by atoms with Crippen molar-refractivity contribution >= 4 is 5.91 Å². The summed E-state index contributed by atoms with van der Waals surface area (Å²) in [5.41, 5.74) is 0.580. The largest absolute Gasteiger partial charge is 0.443 e. The highest BCUT2D eigenvalue weighted by Crippen LogP contribution is 2.25. The fraction of sp³-hybridized carbons (Fsp3) is 0.333. The lowest BCUT2D eigenvalue weighted by atomic mass is 10.1. The van der Waals surface area contributed by atoms with Gasteiger partial charge >= 0.3 is 0 Å². The zero-order valence-electron chi connectivity index (χ0n) is 11.8. The molecule has 5 nitrogen and oxygen atoms in total. The summed E-state index contributed by atoms with van der Waals surface area (Å²) in [5, 5.41) is 12.1. The van der Waals surface area contributed by atoms with Gasteiger partial charge in [0.05, 0.1) is 0 Å². The number of aryl methyl sites for hydroxylation is 1. The topological polar surface area (TPSA) is 71.0 Å². The molecule has 2 aromatic heterocycles. The first-order valence-electron chi connectivity index (χ1n) is 6.49. The van der Waals surface area contributed by atoms with E-state index < -0.39 is 0 Å². The number of aromatic nitrogens is 1. The Balaban J connectivity index is 2.39. The molecule has 0 spiro atoms. The van der Waals surface area contributed by atoms with Crippen LogP contribution >= 0.6 is 0 Å². The van der Waals surface area contributed by atoms with E-state index >= 15 is 0 Å². The Morgan fingerprint density at radius 3 is 2.65 bits per heavy atom. The third-order valence-electron chi connectivity index (χ3n) is 2.91. The van der Waals surface area contributed by atoms with Gasteiger partial charge < -0.3 is 9.73 Å². The first-order valence-corrected chi connectivity index (χ1v) is 6.49. The van der Waals surface area contributed by atoms with Crippen molar-refractivity contribution in [3.8, 4) is 12.0 Å². The molecule has 0 saturated carbocycles. The molecule has 0 bridgehead atoms. The lowest BCUT2D eigenvalue weighted by molar-refractivity contribution is 0.0947. The molecule has 0 radical (unpaired) electrons. The van der Waals surface area contributed by atoms with Crippen LogP contribution in [0.2, 0.25) is 0 Å². The van der Waals surface area contributed by atoms with Crippen LogP contribution in [-0.4, -0.2) is 17.0 Å². The summed E-state index contributed by atoms with van der Waals surface area (Å²) in [6.45, 7) is 6.28. The summed E-state index contributed by atoms with van der Waals surface area (Å²) in [5.74, 6) is 0.909. The van der Waals surface area contributed by atoms with Gasteiger partial charge in [-0.2, -0.15) is 5.26 Å². The molecule has 2 rings (SSSR count). The molecule has 5 heteroatoms. The van der Waals surface area contributed by atoms with Crippen molar-refractivity contribution in [2.24, 2.45) is 5.92 Å². The van der Waals surface area contributed by atoms with Gasteiger partial charge in [0.15, 0.2) is 0 Å².